The second kappa shape index (κ2) is 7.56. The molecule has 1 aromatic carbocycles. The molecule has 1 N–H and O–H groups in total. The van der Waals surface area contributed by atoms with E-state index in [1.807, 2.05) is 42.2 Å². The second-order valence-corrected chi connectivity index (χ2v) is 6.39. The van der Waals surface area contributed by atoms with Crippen LogP contribution in [0.15, 0.2) is 45.2 Å². The van der Waals surface area contributed by atoms with Crippen molar-refractivity contribution in [3.63, 3.8) is 0 Å². The van der Waals surface area contributed by atoms with Crippen molar-refractivity contribution >= 4 is 5.88 Å². The number of nitrogens with zero attached hydrogens (tertiary/aromatic N) is 3. The molecular formula is C20H20N4O3. The lowest BCUT2D eigenvalue weighted by Gasteiger charge is -2.26. The van der Waals surface area contributed by atoms with E-state index >= 15 is 0 Å². The van der Waals surface area contributed by atoms with Gasteiger partial charge in [-0.2, -0.15) is 10.2 Å². The minimum absolute atomic E-state index is 0.278. The molecule has 0 saturated carbocycles. The van der Waals surface area contributed by atoms with Gasteiger partial charge in [-0.25, -0.2) is 0 Å². The van der Waals surface area contributed by atoms with Gasteiger partial charge in [-0.3, -0.25) is 0 Å². The Morgan fingerprint density at radius 2 is 1.93 bits per heavy atom. The number of aromatic nitrogens is 1. The standard InChI is InChI=1S/C20H20N4O3/c1-14-2-4-15(5-3-14)25-13-16-6-7-18(26-16)19-23-17(12-21)20(27-19)24-10-8-22-9-11-24/h2-7,22H,8-11,13H2,1H3. The fraction of sp³-hybridized carbons (Fsp3) is 0.300. The molecular weight excluding hydrogens is 344 g/mol. The fourth-order valence-electron chi connectivity index (χ4n) is 2.93. The van der Waals surface area contributed by atoms with Crippen LogP contribution < -0.4 is 15.0 Å². The predicted octanol–water partition coefficient (Wildman–Crippen LogP) is 3.10. The van der Waals surface area contributed by atoms with Gasteiger partial charge >= 0.3 is 0 Å². The summed E-state index contributed by atoms with van der Waals surface area (Å²) in [5, 5.41) is 12.7. The van der Waals surface area contributed by atoms with E-state index in [2.05, 4.69) is 16.4 Å². The number of hydrogen-bond acceptors (Lipinski definition) is 7. The smallest absolute Gasteiger partial charge is 0.266 e. The van der Waals surface area contributed by atoms with Gasteiger partial charge in [-0.1, -0.05) is 17.7 Å². The summed E-state index contributed by atoms with van der Waals surface area (Å²) in [4.78, 5) is 6.31. The first-order chi connectivity index (χ1) is 13.2. The molecule has 138 valence electrons. The molecule has 1 fully saturated rings. The molecule has 7 heteroatoms. The topological polar surface area (TPSA) is 87.5 Å². The van der Waals surface area contributed by atoms with Crippen LogP contribution in [0.3, 0.4) is 0 Å². The number of benzene rings is 1. The first-order valence-electron chi connectivity index (χ1n) is 8.88. The number of anilines is 1. The Kier molecular flexibility index (Phi) is 4.81. The first-order valence-corrected chi connectivity index (χ1v) is 8.88. The van der Waals surface area contributed by atoms with E-state index in [0.717, 1.165) is 31.9 Å². The van der Waals surface area contributed by atoms with Gasteiger partial charge < -0.3 is 23.8 Å². The average molecular weight is 364 g/mol. The van der Waals surface area contributed by atoms with Crippen molar-refractivity contribution in [2.75, 3.05) is 31.1 Å². The van der Waals surface area contributed by atoms with Crippen molar-refractivity contribution in [1.82, 2.24) is 10.3 Å². The molecule has 1 saturated heterocycles. The van der Waals surface area contributed by atoms with E-state index < -0.39 is 0 Å². The molecule has 3 heterocycles. The lowest BCUT2D eigenvalue weighted by Crippen LogP contribution is -2.43. The third-order valence-electron chi connectivity index (χ3n) is 4.39. The normalized spacial score (nSPS) is 14.1. The van der Waals surface area contributed by atoms with E-state index in [0.29, 0.717) is 29.9 Å². The number of hydrogen-bond donors (Lipinski definition) is 1. The van der Waals surface area contributed by atoms with E-state index in [1.165, 1.54) is 5.56 Å². The van der Waals surface area contributed by atoms with Crippen LogP contribution in [0.1, 0.15) is 17.0 Å². The minimum atomic E-state index is 0.278. The Hall–Kier alpha value is -3.24. The predicted molar refractivity (Wildman–Crippen MR) is 99.5 cm³/mol. The Balaban J connectivity index is 1.48. The number of furan rings is 1. The third kappa shape index (κ3) is 3.81. The number of piperazine rings is 1. The molecule has 27 heavy (non-hydrogen) atoms. The zero-order valence-corrected chi connectivity index (χ0v) is 15.1. The zero-order valence-electron chi connectivity index (χ0n) is 15.1. The summed E-state index contributed by atoms with van der Waals surface area (Å²) in [5.41, 5.74) is 1.46. The highest BCUT2D eigenvalue weighted by atomic mass is 16.5. The summed E-state index contributed by atoms with van der Waals surface area (Å²) >= 11 is 0. The fourth-order valence-corrected chi connectivity index (χ4v) is 2.93. The van der Waals surface area contributed by atoms with Crippen molar-refractivity contribution < 1.29 is 13.6 Å². The Bertz CT molecular complexity index is 947. The van der Waals surface area contributed by atoms with Crippen LogP contribution in [0.2, 0.25) is 0 Å². The van der Waals surface area contributed by atoms with Crippen LogP contribution in [0.25, 0.3) is 11.7 Å². The highest BCUT2D eigenvalue weighted by Crippen LogP contribution is 2.29. The zero-order chi connectivity index (χ0) is 18.6. The molecule has 0 bridgehead atoms. The molecule has 0 spiro atoms. The van der Waals surface area contributed by atoms with Gasteiger partial charge in [0.05, 0.1) is 0 Å². The van der Waals surface area contributed by atoms with Crippen LogP contribution >= 0.6 is 0 Å². The maximum Gasteiger partial charge on any atom is 0.266 e. The molecule has 0 unspecified atom stereocenters. The Labute approximate surface area is 157 Å². The van der Waals surface area contributed by atoms with Crippen LogP contribution in [0, 0.1) is 18.3 Å². The van der Waals surface area contributed by atoms with Crippen molar-refractivity contribution in [3.05, 3.63) is 53.4 Å². The van der Waals surface area contributed by atoms with Gasteiger partial charge in [0.1, 0.15) is 24.2 Å². The van der Waals surface area contributed by atoms with Crippen LogP contribution in [-0.4, -0.2) is 31.2 Å². The van der Waals surface area contributed by atoms with Crippen LogP contribution in [0.5, 0.6) is 5.75 Å². The number of nitrogens with one attached hydrogen (secondary N) is 1. The molecule has 0 amide bonds. The number of rotatable bonds is 5. The number of oxazole rings is 1. The van der Waals surface area contributed by atoms with Gasteiger partial charge in [0.15, 0.2) is 5.76 Å². The van der Waals surface area contributed by atoms with Crippen molar-refractivity contribution in [3.8, 4) is 23.5 Å². The maximum atomic E-state index is 9.38. The molecule has 0 atom stereocenters. The van der Waals surface area contributed by atoms with Gasteiger partial charge in [0.2, 0.25) is 11.6 Å². The minimum Gasteiger partial charge on any atom is -0.486 e. The van der Waals surface area contributed by atoms with Gasteiger partial charge in [0, 0.05) is 26.2 Å². The third-order valence-corrected chi connectivity index (χ3v) is 4.39. The number of ether oxygens (including phenoxy) is 1. The molecule has 4 rings (SSSR count). The number of nitriles is 1. The van der Waals surface area contributed by atoms with E-state index in [9.17, 15) is 5.26 Å². The molecule has 1 aliphatic rings. The summed E-state index contributed by atoms with van der Waals surface area (Å²) in [5.74, 6) is 2.73. The lowest BCUT2D eigenvalue weighted by atomic mass is 10.2. The lowest BCUT2D eigenvalue weighted by molar-refractivity contribution is 0.271. The maximum absolute atomic E-state index is 9.38. The highest BCUT2D eigenvalue weighted by Gasteiger charge is 2.23. The van der Waals surface area contributed by atoms with Crippen molar-refractivity contribution in [1.29, 1.82) is 5.26 Å². The average Bonchev–Trinajstić information content (AvgIpc) is 3.35. The second-order valence-electron chi connectivity index (χ2n) is 6.39. The van der Waals surface area contributed by atoms with E-state index in [-0.39, 0.29) is 5.69 Å². The van der Waals surface area contributed by atoms with E-state index in [1.54, 1.807) is 6.07 Å². The van der Waals surface area contributed by atoms with Crippen molar-refractivity contribution in [2.24, 2.45) is 0 Å². The molecule has 3 aromatic rings. The Morgan fingerprint density at radius 3 is 2.67 bits per heavy atom. The summed E-state index contributed by atoms with van der Waals surface area (Å²) in [6.07, 6.45) is 0. The Morgan fingerprint density at radius 1 is 1.15 bits per heavy atom. The summed E-state index contributed by atoms with van der Waals surface area (Å²) in [7, 11) is 0. The molecule has 1 aliphatic heterocycles. The monoisotopic (exact) mass is 364 g/mol. The quantitative estimate of drug-likeness (QED) is 0.744. The first kappa shape index (κ1) is 17.2. The molecule has 7 nitrogen and oxygen atoms in total. The molecule has 0 radical (unpaired) electrons. The summed E-state index contributed by atoms with van der Waals surface area (Å²) < 4.78 is 17.4. The highest BCUT2D eigenvalue weighted by molar-refractivity contribution is 5.56. The SMILES string of the molecule is Cc1ccc(OCc2ccc(-c3nc(C#N)c(N4CCNCC4)o3)o2)cc1. The van der Waals surface area contributed by atoms with Gasteiger partial charge in [0.25, 0.3) is 5.89 Å². The number of aryl methyl sites for hydroxylation is 1. The molecule has 2 aromatic heterocycles. The van der Waals surface area contributed by atoms with Crippen molar-refractivity contribution in [2.45, 2.75) is 13.5 Å². The van der Waals surface area contributed by atoms with Crippen LogP contribution in [-0.2, 0) is 6.61 Å². The molecule has 0 aliphatic carbocycles. The largest absolute Gasteiger partial charge is 0.486 e. The van der Waals surface area contributed by atoms with Gasteiger partial charge in [-0.05, 0) is 31.2 Å². The van der Waals surface area contributed by atoms with E-state index in [4.69, 9.17) is 13.6 Å². The summed E-state index contributed by atoms with van der Waals surface area (Å²) in [6, 6.07) is 13.6. The summed E-state index contributed by atoms with van der Waals surface area (Å²) in [6.45, 7) is 5.58. The van der Waals surface area contributed by atoms with Crippen LogP contribution in [0.4, 0.5) is 5.88 Å². The van der Waals surface area contributed by atoms with Gasteiger partial charge in [-0.15, -0.1) is 0 Å².